The van der Waals surface area contributed by atoms with Crippen LogP contribution in [0.25, 0.3) is 0 Å². The van der Waals surface area contributed by atoms with E-state index in [0.717, 1.165) is 24.1 Å². The summed E-state index contributed by atoms with van der Waals surface area (Å²) in [5.41, 5.74) is 8.37. The molecule has 1 heterocycles. The van der Waals surface area contributed by atoms with E-state index in [2.05, 4.69) is 15.4 Å². The number of oxime groups is 1. The second-order valence-corrected chi connectivity index (χ2v) is 4.93. The molecule has 21 heavy (non-hydrogen) atoms. The van der Waals surface area contributed by atoms with Crippen LogP contribution in [0.1, 0.15) is 37.6 Å². The molecule has 7 nitrogen and oxygen atoms in total. The quantitative estimate of drug-likeness (QED) is 0.339. The van der Waals surface area contributed by atoms with Crippen molar-refractivity contribution in [3.05, 3.63) is 16.8 Å². The topological polar surface area (TPSA) is 96.9 Å². The number of hydrogen-bond acceptors (Lipinski definition) is 6. The van der Waals surface area contributed by atoms with Gasteiger partial charge in [0.05, 0.1) is 23.9 Å². The zero-order valence-corrected chi connectivity index (χ0v) is 13.4. The summed E-state index contributed by atoms with van der Waals surface area (Å²) < 4.78 is 5.17. The molecule has 0 aromatic carbocycles. The SMILES string of the molecule is CCc1nnc(N(C)C(C)COC)c(C(N)=NO)c1CC. The number of nitrogens with zero attached hydrogens (tertiary/aromatic N) is 4. The van der Waals surface area contributed by atoms with Crippen LogP contribution in [0.3, 0.4) is 0 Å². The van der Waals surface area contributed by atoms with Gasteiger partial charge in [-0.1, -0.05) is 19.0 Å². The number of aromatic nitrogens is 2. The van der Waals surface area contributed by atoms with Crippen LogP contribution in [0, 0.1) is 0 Å². The second-order valence-electron chi connectivity index (χ2n) is 4.93. The fourth-order valence-corrected chi connectivity index (χ4v) is 2.29. The van der Waals surface area contributed by atoms with Gasteiger partial charge in [-0.05, 0) is 25.3 Å². The first-order valence-electron chi connectivity index (χ1n) is 7.09. The van der Waals surface area contributed by atoms with Crippen LogP contribution in [0.2, 0.25) is 0 Å². The van der Waals surface area contributed by atoms with Crippen LogP contribution in [0.5, 0.6) is 0 Å². The molecule has 0 saturated heterocycles. The van der Waals surface area contributed by atoms with Gasteiger partial charge in [0, 0.05) is 14.2 Å². The molecule has 1 atom stereocenters. The first-order valence-corrected chi connectivity index (χ1v) is 7.09. The highest BCUT2D eigenvalue weighted by Gasteiger charge is 2.23. The summed E-state index contributed by atoms with van der Waals surface area (Å²) in [5.74, 6) is 0.659. The molecule has 0 aliphatic rings. The van der Waals surface area contributed by atoms with Crippen molar-refractivity contribution in [2.24, 2.45) is 10.9 Å². The Hall–Kier alpha value is -1.89. The highest BCUT2D eigenvalue weighted by Crippen LogP contribution is 2.24. The summed E-state index contributed by atoms with van der Waals surface area (Å²) in [6.45, 7) is 6.59. The number of hydrogen-bond donors (Lipinski definition) is 2. The molecule has 0 spiro atoms. The minimum atomic E-state index is 0.0583. The molecule has 0 fully saturated rings. The van der Waals surface area contributed by atoms with Gasteiger partial charge in [0.2, 0.25) is 0 Å². The van der Waals surface area contributed by atoms with E-state index in [0.29, 0.717) is 18.0 Å². The Kier molecular flexibility index (Phi) is 6.36. The Bertz CT molecular complexity index is 504. The molecule has 0 aliphatic carbocycles. The van der Waals surface area contributed by atoms with Gasteiger partial charge in [0.1, 0.15) is 0 Å². The molecule has 1 aromatic heterocycles. The third-order valence-electron chi connectivity index (χ3n) is 3.59. The Morgan fingerprint density at radius 3 is 2.52 bits per heavy atom. The average Bonchev–Trinajstić information content (AvgIpc) is 2.51. The van der Waals surface area contributed by atoms with E-state index < -0.39 is 0 Å². The fraction of sp³-hybridized carbons (Fsp3) is 0.643. The van der Waals surface area contributed by atoms with Crippen molar-refractivity contribution in [3.63, 3.8) is 0 Å². The Morgan fingerprint density at radius 2 is 2.05 bits per heavy atom. The predicted molar refractivity (Wildman–Crippen MR) is 83.0 cm³/mol. The molecule has 1 rings (SSSR count). The Morgan fingerprint density at radius 1 is 1.38 bits per heavy atom. The van der Waals surface area contributed by atoms with Crippen molar-refractivity contribution in [2.45, 2.75) is 39.7 Å². The molecule has 1 aromatic rings. The van der Waals surface area contributed by atoms with Crippen molar-refractivity contribution in [1.82, 2.24) is 10.2 Å². The maximum absolute atomic E-state index is 9.09. The van der Waals surface area contributed by atoms with E-state index in [1.54, 1.807) is 7.11 Å². The van der Waals surface area contributed by atoms with E-state index in [1.807, 2.05) is 32.7 Å². The molecule has 0 aliphatic heterocycles. The summed E-state index contributed by atoms with van der Waals surface area (Å²) in [7, 11) is 3.55. The van der Waals surface area contributed by atoms with Gasteiger partial charge in [-0.2, -0.15) is 5.10 Å². The van der Waals surface area contributed by atoms with Crippen molar-refractivity contribution in [1.29, 1.82) is 0 Å². The largest absolute Gasteiger partial charge is 0.409 e. The molecular weight excluding hydrogens is 270 g/mol. The molecule has 7 heteroatoms. The minimum Gasteiger partial charge on any atom is -0.409 e. The van der Waals surface area contributed by atoms with Gasteiger partial charge in [-0.3, -0.25) is 0 Å². The predicted octanol–water partition coefficient (Wildman–Crippen LogP) is 1.17. The maximum atomic E-state index is 9.09. The lowest BCUT2D eigenvalue weighted by molar-refractivity contribution is 0.183. The van der Waals surface area contributed by atoms with Crippen LogP contribution in [-0.4, -0.2) is 48.0 Å². The number of methoxy groups -OCH3 is 1. The molecular formula is C14H25N5O2. The van der Waals surface area contributed by atoms with Crippen LogP contribution < -0.4 is 10.6 Å². The molecule has 0 saturated carbocycles. The standard InChI is InChI=1S/C14H25N5O2/c1-6-10-11(7-2)16-17-14(12(10)13(15)18-20)19(4)9(3)8-21-5/h9,20H,6-8H2,1-5H3,(H2,15,18). The molecule has 1 unspecified atom stereocenters. The fourth-order valence-electron chi connectivity index (χ4n) is 2.29. The number of anilines is 1. The van der Waals surface area contributed by atoms with Gasteiger partial charge in [0.25, 0.3) is 0 Å². The normalized spacial score (nSPS) is 13.3. The number of likely N-dealkylation sites (N-methyl/N-ethyl adjacent to an activating group) is 1. The molecule has 118 valence electrons. The van der Waals surface area contributed by atoms with Gasteiger partial charge >= 0.3 is 0 Å². The Balaban J connectivity index is 3.44. The van der Waals surface area contributed by atoms with E-state index in [1.165, 1.54) is 0 Å². The van der Waals surface area contributed by atoms with Crippen molar-refractivity contribution in [3.8, 4) is 0 Å². The number of amidine groups is 1. The molecule has 0 amide bonds. The zero-order chi connectivity index (χ0) is 16.0. The first-order chi connectivity index (χ1) is 10.0. The van der Waals surface area contributed by atoms with E-state index in [4.69, 9.17) is 15.7 Å². The van der Waals surface area contributed by atoms with Crippen molar-refractivity contribution in [2.75, 3.05) is 25.7 Å². The summed E-state index contributed by atoms with van der Waals surface area (Å²) in [5, 5.41) is 20.8. The summed E-state index contributed by atoms with van der Waals surface area (Å²) >= 11 is 0. The number of rotatable bonds is 7. The molecule has 0 bridgehead atoms. The third kappa shape index (κ3) is 3.60. The van der Waals surface area contributed by atoms with Crippen LogP contribution in [0.15, 0.2) is 5.16 Å². The smallest absolute Gasteiger partial charge is 0.174 e. The highest BCUT2D eigenvalue weighted by molar-refractivity contribution is 6.03. The molecule has 0 radical (unpaired) electrons. The minimum absolute atomic E-state index is 0.0583. The lowest BCUT2D eigenvalue weighted by atomic mass is 10.0. The van der Waals surface area contributed by atoms with E-state index in [-0.39, 0.29) is 11.9 Å². The summed E-state index contributed by atoms with van der Waals surface area (Å²) in [6.07, 6.45) is 1.49. The van der Waals surface area contributed by atoms with Crippen LogP contribution in [-0.2, 0) is 17.6 Å². The van der Waals surface area contributed by atoms with Gasteiger partial charge in [-0.15, -0.1) is 5.10 Å². The summed E-state index contributed by atoms with van der Waals surface area (Å²) in [4.78, 5) is 1.93. The zero-order valence-electron chi connectivity index (χ0n) is 13.4. The number of ether oxygens (including phenoxy) is 1. The average molecular weight is 295 g/mol. The molecule has 3 N–H and O–H groups in total. The Labute approximate surface area is 125 Å². The summed E-state index contributed by atoms with van der Waals surface area (Å²) in [6, 6.07) is 0.0896. The van der Waals surface area contributed by atoms with E-state index >= 15 is 0 Å². The lowest BCUT2D eigenvalue weighted by Crippen LogP contribution is -2.36. The van der Waals surface area contributed by atoms with Crippen molar-refractivity contribution < 1.29 is 9.94 Å². The van der Waals surface area contributed by atoms with Gasteiger partial charge in [0.15, 0.2) is 11.7 Å². The van der Waals surface area contributed by atoms with Crippen molar-refractivity contribution >= 4 is 11.7 Å². The number of aryl methyl sites for hydroxylation is 1. The second kappa shape index (κ2) is 7.78. The van der Waals surface area contributed by atoms with Crippen LogP contribution >= 0.6 is 0 Å². The maximum Gasteiger partial charge on any atom is 0.174 e. The highest BCUT2D eigenvalue weighted by atomic mass is 16.5. The van der Waals surface area contributed by atoms with Crippen LogP contribution in [0.4, 0.5) is 5.82 Å². The third-order valence-corrected chi connectivity index (χ3v) is 3.59. The van der Waals surface area contributed by atoms with Gasteiger partial charge < -0.3 is 20.6 Å². The first kappa shape index (κ1) is 17.2. The van der Waals surface area contributed by atoms with Gasteiger partial charge in [-0.25, -0.2) is 0 Å². The lowest BCUT2D eigenvalue weighted by Gasteiger charge is -2.28. The van der Waals surface area contributed by atoms with E-state index in [9.17, 15) is 0 Å². The number of nitrogens with two attached hydrogens (primary N) is 1. The monoisotopic (exact) mass is 295 g/mol.